The van der Waals surface area contributed by atoms with Gasteiger partial charge in [0.15, 0.2) is 0 Å². The lowest BCUT2D eigenvalue weighted by Crippen LogP contribution is -2.52. The van der Waals surface area contributed by atoms with Crippen LogP contribution in [0, 0.1) is 0 Å². The molecule has 0 aromatic carbocycles. The SMILES string of the molecule is CCC1(C(=O)O)CCCN1CC(C)O. The van der Waals surface area contributed by atoms with Crippen LogP contribution >= 0.6 is 0 Å². The highest BCUT2D eigenvalue weighted by Crippen LogP contribution is 2.32. The van der Waals surface area contributed by atoms with E-state index in [-0.39, 0.29) is 0 Å². The molecule has 1 saturated heterocycles. The van der Waals surface area contributed by atoms with Gasteiger partial charge in [0.1, 0.15) is 5.54 Å². The largest absolute Gasteiger partial charge is 0.480 e. The van der Waals surface area contributed by atoms with Crippen molar-refractivity contribution in [1.82, 2.24) is 4.90 Å². The summed E-state index contributed by atoms with van der Waals surface area (Å²) in [5, 5.41) is 18.5. The van der Waals surface area contributed by atoms with Gasteiger partial charge in [0.25, 0.3) is 0 Å². The first-order chi connectivity index (χ1) is 6.53. The van der Waals surface area contributed by atoms with Crippen LogP contribution in [0.2, 0.25) is 0 Å². The second-order valence-corrected chi connectivity index (χ2v) is 4.09. The fraction of sp³-hybridized carbons (Fsp3) is 0.900. The molecule has 1 aliphatic rings. The van der Waals surface area contributed by atoms with Gasteiger partial charge in [-0.25, -0.2) is 0 Å². The third-order valence-corrected chi connectivity index (χ3v) is 3.09. The van der Waals surface area contributed by atoms with Crippen LogP contribution in [0.15, 0.2) is 0 Å². The molecule has 4 nitrogen and oxygen atoms in total. The minimum atomic E-state index is -0.752. The first-order valence-corrected chi connectivity index (χ1v) is 5.19. The maximum atomic E-state index is 11.2. The standard InChI is InChI=1S/C10H19NO3/c1-3-10(9(13)14)5-4-6-11(10)7-8(2)12/h8,12H,3-7H2,1-2H3,(H,13,14). The summed E-state index contributed by atoms with van der Waals surface area (Å²) in [6.45, 7) is 4.83. The summed E-state index contributed by atoms with van der Waals surface area (Å²) < 4.78 is 0. The molecule has 0 bridgehead atoms. The number of aliphatic hydroxyl groups excluding tert-OH is 1. The van der Waals surface area contributed by atoms with E-state index in [9.17, 15) is 15.0 Å². The molecule has 4 heteroatoms. The third kappa shape index (κ3) is 1.91. The third-order valence-electron chi connectivity index (χ3n) is 3.09. The molecule has 0 saturated carbocycles. The molecule has 2 unspecified atom stereocenters. The fourth-order valence-corrected chi connectivity index (χ4v) is 2.31. The van der Waals surface area contributed by atoms with Gasteiger partial charge in [-0.3, -0.25) is 9.69 Å². The number of aliphatic hydroxyl groups is 1. The summed E-state index contributed by atoms with van der Waals surface area (Å²) in [4.78, 5) is 13.1. The number of nitrogens with zero attached hydrogens (tertiary/aromatic N) is 1. The van der Waals surface area contributed by atoms with E-state index in [2.05, 4.69) is 0 Å². The highest BCUT2D eigenvalue weighted by atomic mass is 16.4. The fourth-order valence-electron chi connectivity index (χ4n) is 2.31. The van der Waals surface area contributed by atoms with Crippen molar-refractivity contribution in [2.75, 3.05) is 13.1 Å². The molecule has 1 fully saturated rings. The van der Waals surface area contributed by atoms with E-state index in [4.69, 9.17) is 0 Å². The first-order valence-electron chi connectivity index (χ1n) is 5.19. The lowest BCUT2D eigenvalue weighted by Gasteiger charge is -2.34. The molecule has 0 radical (unpaired) electrons. The molecule has 1 aliphatic heterocycles. The Balaban J connectivity index is 2.78. The quantitative estimate of drug-likeness (QED) is 0.702. The van der Waals surface area contributed by atoms with Gasteiger partial charge in [-0.05, 0) is 32.7 Å². The van der Waals surface area contributed by atoms with Crippen LogP contribution in [0.25, 0.3) is 0 Å². The maximum Gasteiger partial charge on any atom is 0.324 e. The maximum absolute atomic E-state index is 11.2. The molecule has 82 valence electrons. The van der Waals surface area contributed by atoms with Crippen molar-refractivity contribution in [3.63, 3.8) is 0 Å². The highest BCUT2D eigenvalue weighted by Gasteiger charge is 2.46. The predicted molar refractivity (Wildman–Crippen MR) is 53.1 cm³/mol. The lowest BCUT2D eigenvalue weighted by molar-refractivity contribution is -0.150. The lowest BCUT2D eigenvalue weighted by atomic mass is 9.93. The molecule has 14 heavy (non-hydrogen) atoms. The zero-order valence-corrected chi connectivity index (χ0v) is 8.86. The Kier molecular flexibility index (Phi) is 3.50. The molecule has 0 aromatic heterocycles. The Morgan fingerprint density at radius 1 is 1.64 bits per heavy atom. The Labute approximate surface area is 84.5 Å². The van der Waals surface area contributed by atoms with Crippen LogP contribution < -0.4 is 0 Å². The van der Waals surface area contributed by atoms with E-state index >= 15 is 0 Å². The molecule has 0 aliphatic carbocycles. The Hall–Kier alpha value is -0.610. The van der Waals surface area contributed by atoms with E-state index < -0.39 is 17.6 Å². The van der Waals surface area contributed by atoms with Crippen molar-refractivity contribution in [1.29, 1.82) is 0 Å². The molecule has 0 spiro atoms. The highest BCUT2D eigenvalue weighted by molar-refractivity contribution is 5.79. The van der Waals surface area contributed by atoms with Gasteiger partial charge in [-0.2, -0.15) is 0 Å². The summed E-state index contributed by atoms with van der Waals surface area (Å²) in [6.07, 6.45) is 1.76. The van der Waals surface area contributed by atoms with E-state index in [1.807, 2.05) is 11.8 Å². The number of carboxylic acids is 1. The van der Waals surface area contributed by atoms with Gasteiger partial charge in [-0.1, -0.05) is 6.92 Å². The summed E-state index contributed by atoms with van der Waals surface area (Å²) in [5.41, 5.74) is -0.725. The molecule has 0 aromatic rings. The minimum absolute atomic E-state index is 0.458. The van der Waals surface area contributed by atoms with Crippen LogP contribution in [0.3, 0.4) is 0 Å². The Bertz CT molecular complexity index is 217. The van der Waals surface area contributed by atoms with Gasteiger partial charge in [0, 0.05) is 6.54 Å². The van der Waals surface area contributed by atoms with Crippen LogP contribution in [0.1, 0.15) is 33.1 Å². The number of β-amino-alcohol motifs (C(OH)–C–C–N with tert-alkyl or cyclic N) is 1. The van der Waals surface area contributed by atoms with E-state index in [0.29, 0.717) is 19.4 Å². The zero-order chi connectivity index (χ0) is 10.8. The van der Waals surface area contributed by atoms with Gasteiger partial charge in [0.2, 0.25) is 0 Å². The summed E-state index contributed by atoms with van der Waals surface area (Å²) in [5.74, 6) is -0.752. The van der Waals surface area contributed by atoms with Crippen LogP contribution in [-0.2, 0) is 4.79 Å². The smallest absolute Gasteiger partial charge is 0.324 e. The van der Waals surface area contributed by atoms with Gasteiger partial charge < -0.3 is 10.2 Å². The number of aliphatic carboxylic acids is 1. The first kappa shape index (κ1) is 11.5. The average Bonchev–Trinajstić information content (AvgIpc) is 2.47. The number of hydrogen-bond acceptors (Lipinski definition) is 3. The second kappa shape index (κ2) is 4.28. The van der Waals surface area contributed by atoms with Crippen molar-refractivity contribution >= 4 is 5.97 Å². The molecule has 0 amide bonds. The number of carbonyl (C=O) groups is 1. The topological polar surface area (TPSA) is 60.8 Å². The van der Waals surface area contributed by atoms with Crippen molar-refractivity contribution in [2.45, 2.75) is 44.8 Å². The average molecular weight is 201 g/mol. The Morgan fingerprint density at radius 3 is 2.71 bits per heavy atom. The van der Waals surface area contributed by atoms with Crippen LogP contribution in [0.4, 0.5) is 0 Å². The minimum Gasteiger partial charge on any atom is -0.480 e. The molecular formula is C10H19NO3. The Morgan fingerprint density at radius 2 is 2.29 bits per heavy atom. The monoisotopic (exact) mass is 201 g/mol. The van der Waals surface area contributed by atoms with E-state index in [0.717, 1.165) is 13.0 Å². The molecule has 2 N–H and O–H groups in total. The van der Waals surface area contributed by atoms with E-state index in [1.165, 1.54) is 0 Å². The number of carboxylic acid groups (broad SMARTS) is 1. The summed E-state index contributed by atoms with van der Waals surface area (Å²) in [7, 11) is 0. The van der Waals surface area contributed by atoms with E-state index in [1.54, 1.807) is 6.92 Å². The van der Waals surface area contributed by atoms with Gasteiger partial charge >= 0.3 is 5.97 Å². The number of rotatable bonds is 4. The van der Waals surface area contributed by atoms with Crippen molar-refractivity contribution in [2.24, 2.45) is 0 Å². The van der Waals surface area contributed by atoms with Crippen molar-refractivity contribution < 1.29 is 15.0 Å². The van der Waals surface area contributed by atoms with Crippen LogP contribution in [0.5, 0.6) is 0 Å². The predicted octanol–water partition coefficient (Wildman–Crippen LogP) is 0.696. The van der Waals surface area contributed by atoms with Crippen LogP contribution in [-0.4, -0.2) is 45.8 Å². The molecular weight excluding hydrogens is 182 g/mol. The number of likely N-dealkylation sites (tertiary alicyclic amines) is 1. The number of hydrogen-bond donors (Lipinski definition) is 2. The normalized spacial score (nSPS) is 30.5. The van der Waals surface area contributed by atoms with Crippen molar-refractivity contribution in [3.05, 3.63) is 0 Å². The summed E-state index contributed by atoms with van der Waals surface area (Å²) >= 11 is 0. The van der Waals surface area contributed by atoms with Gasteiger partial charge in [0.05, 0.1) is 6.10 Å². The summed E-state index contributed by atoms with van der Waals surface area (Å²) in [6, 6.07) is 0. The zero-order valence-electron chi connectivity index (χ0n) is 8.86. The molecule has 1 rings (SSSR count). The molecule has 2 atom stereocenters. The van der Waals surface area contributed by atoms with Gasteiger partial charge in [-0.15, -0.1) is 0 Å². The molecule has 1 heterocycles. The second-order valence-electron chi connectivity index (χ2n) is 4.09. The van der Waals surface area contributed by atoms with Crippen molar-refractivity contribution in [3.8, 4) is 0 Å².